The molecule has 0 aromatic heterocycles. The minimum Gasteiger partial charge on any atom is -0.493 e. The van der Waals surface area contributed by atoms with Gasteiger partial charge in [-0.15, -0.1) is 0 Å². The van der Waals surface area contributed by atoms with Crippen LogP contribution in [0.3, 0.4) is 0 Å². The molecule has 2 aromatic rings. The van der Waals surface area contributed by atoms with Crippen molar-refractivity contribution in [3.05, 3.63) is 64.7 Å². The Morgan fingerprint density at radius 3 is 2.81 bits per heavy atom. The molecule has 1 heterocycles. The van der Waals surface area contributed by atoms with E-state index in [0.717, 1.165) is 34.4 Å². The zero-order chi connectivity index (χ0) is 14.8. The number of carbonyl (C=O) groups is 1. The van der Waals surface area contributed by atoms with E-state index in [2.05, 4.69) is 5.32 Å². The van der Waals surface area contributed by atoms with Crippen LogP contribution >= 0.6 is 0 Å². The van der Waals surface area contributed by atoms with Crippen LogP contribution < -0.4 is 10.1 Å². The summed E-state index contributed by atoms with van der Waals surface area (Å²) in [5.41, 5.74) is 3.98. The summed E-state index contributed by atoms with van der Waals surface area (Å²) in [5, 5.41) is 3.14. The van der Waals surface area contributed by atoms with E-state index in [-0.39, 0.29) is 11.9 Å². The number of nitrogens with one attached hydrogen (secondary N) is 1. The molecule has 0 unspecified atom stereocenters. The van der Waals surface area contributed by atoms with Crippen molar-refractivity contribution >= 4 is 5.91 Å². The number of hydrogen-bond acceptors (Lipinski definition) is 2. The second-order valence-corrected chi connectivity index (χ2v) is 5.45. The fourth-order valence-electron chi connectivity index (χ4n) is 2.73. The lowest BCUT2D eigenvalue weighted by atomic mass is 9.98. The van der Waals surface area contributed by atoms with Gasteiger partial charge < -0.3 is 10.1 Å². The van der Waals surface area contributed by atoms with E-state index in [4.69, 9.17) is 4.74 Å². The summed E-state index contributed by atoms with van der Waals surface area (Å²) < 4.78 is 5.63. The fraction of sp³-hybridized carbons (Fsp3) is 0.278. The molecule has 0 spiro atoms. The minimum atomic E-state index is -0.0158. The van der Waals surface area contributed by atoms with Crippen molar-refractivity contribution in [3.8, 4) is 5.75 Å². The molecule has 21 heavy (non-hydrogen) atoms. The molecule has 1 aliphatic rings. The molecule has 3 heteroatoms. The molecule has 0 fully saturated rings. The van der Waals surface area contributed by atoms with Gasteiger partial charge in [0.15, 0.2) is 0 Å². The summed E-state index contributed by atoms with van der Waals surface area (Å²) in [6.07, 6.45) is 0.799. The Bertz CT molecular complexity index is 679. The molecule has 3 rings (SSSR count). The highest BCUT2D eigenvalue weighted by atomic mass is 16.5. The van der Waals surface area contributed by atoms with Gasteiger partial charge in [0.1, 0.15) is 5.75 Å². The summed E-state index contributed by atoms with van der Waals surface area (Å²) >= 11 is 0. The van der Waals surface area contributed by atoms with E-state index in [1.54, 1.807) is 0 Å². The smallest absolute Gasteiger partial charge is 0.252 e. The van der Waals surface area contributed by atoms with Crippen molar-refractivity contribution in [2.75, 3.05) is 6.61 Å². The van der Waals surface area contributed by atoms with Crippen molar-refractivity contribution < 1.29 is 9.53 Å². The first-order chi connectivity index (χ1) is 10.2. The number of fused-ring (bicyclic) bond motifs is 1. The maximum absolute atomic E-state index is 12.5. The number of amides is 1. The summed E-state index contributed by atoms with van der Waals surface area (Å²) in [5.74, 6) is 0.855. The Morgan fingerprint density at radius 1 is 1.14 bits per heavy atom. The van der Waals surface area contributed by atoms with Crippen LogP contribution in [0, 0.1) is 13.8 Å². The Balaban J connectivity index is 1.85. The van der Waals surface area contributed by atoms with Gasteiger partial charge in [-0.1, -0.05) is 30.3 Å². The van der Waals surface area contributed by atoms with Crippen molar-refractivity contribution in [1.29, 1.82) is 0 Å². The van der Waals surface area contributed by atoms with Gasteiger partial charge in [-0.05, 0) is 37.1 Å². The van der Waals surface area contributed by atoms with Crippen molar-refractivity contribution in [3.63, 3.8) is 0 Å². The third kappa shape index (κ3) is 2.64. The average molecular weight is 281 g/mol. The van der Waals surface area contributed by atoms with Gasteiger partial charge in [-0.2, -0.15) is 0 Å². The van der Waals surface area contributed by atoms with Crippen LogP contribution in [-0.2, 0) is 0 Å². The molecule has 1 atom stereocenters. The highest BCUT2D eigenvalue weighted by Gasteiger charge is 2.23. The van der Waals surface area contributed by atoms with Gasteiger partial charge in [0, 0.05) is 17.5 Å². The molecule has 1 aliphatic heterocycles. The average Bonchev–Trinajstić information content (AvgIpc) is 2.50. The molecule has 0 aliphatic carbocycles. The fourth-order valence-corrected chi connectivity index (χ4v) is 2.73. The molecular formula is C18H19NO2. The number of ether oxygens (including phenoxy) is 1. The minimum absolute atomic E-state index is 0.0158. The summed E-state index contributed by atoms with van der Waals surface area (Å²) in [7, 11) is 0. The first kappa shape index (κ1) is 13.7. The standard InChI is InChI=1S/C18H19NO2/c1-12-6-5-8-14(13(12)2)18(20)19-16-10-11-21-17-9-4-3-7-15(16)17/h3-9,16H,10-11H2,1-2H3,(H,19,20)/t16-/m1/s1. The lowest BCUT2D eigenvalue weighted by Crippen LogP contribution is -2.32. The lowest BCUT2D eigenvalue weighted by Gasteiger charge is -2.27. The monoisotopic (exact) mass is 281 g/mol. The van der Waals surface area contributed by atoms with Crippen LogP contribution in [0.15, 0.2) is 42.5 Å². The molecule has 2 aromatic carbocycles. The Morgan fingerprint density at radius 2 is 1.95 bits per heavy atom. The highest BCUT2D eigenvalue weighted by Crippen LogP contribution is 2.31. The second kappa shape index (κ2) is 5.60. The van der Waals surface area contributed by atoms with Crippen LogP contribution in [0.2, 0.25) is 0 Å². The lowest BCUT2D eigenvalue weighted by molar-refractivity contribution is 0.0924. The Hall–Kier alpha value is -2.29. The third-order valence-electron chi connectivity index (χ3n) is 4.11. The molecule has 3 nitrogen and oxygen atoms in total. The zero-order valence-electron chi connectivity index (χ0n) is 12.3. The van der Waals surface area contributed by atoms with Crippen molar-refractivity contribution in [2.45, 2.75) is 26.3 Å². The molecular weight excluding hydrogens is 262 g/mol. The van der Waals surface area contributed by atoms with E-state index >= 15 is 0 Å². The van der Waals surface area contributed by atoms with Gasteiger partial charge in [0.25, 0.3) is 5.91 Å². The van der Waals surface area contributed by atoms with E-state index in [9.17, 15) is 4.79 Å². The SMILES string of the molecule is Cc1cccc(C(=O)N[C@@H]2CCOc3ccccc32)c1C. The van der Waals surface area contributed by atoms with Crippen LogP contribution in [-0.4, -0.2) is 12.5 Å². The largest absolute Gasteiger partial charge is 0.493 e. The van der Waals surface area contributed by atoms with Crippen LogP contribution in [0.1, 0.15) is 39.5 Å². The van der Waals surface area contributed by atoms with E-state index in [0.29, 0.717) is 6.61 Å². The number of hydrogen-bond donors (Lipinski definition) is 1. The normalized spacial score (nSPS) is 16.8. The molecule has 0 saturated carbocycles. The van der Waals surface area contributed by atoms with Crippen molar-refractivity contribution in [2.24, 2.45) is 0 Å². The number of para-hydroxylation sites is 1. The van der Waals surface area contributed by atoms with Crippen LogP contribution in [0.4, 0.5) is 0 Å². The van der Waals surface area contributed by atoms with Gasteiger partial charge in [-0.25, -0.2) is 0 Å². The Labute approximate surface area is 124 Å². The molecule has 1 amide bonds. The summed E-state index contributed by atoms with van der Waals surface area (Å²) in [6, 6.07) is 13.7. The van der Waals surface area contributed by atoms with Crippen molar-refractivity contribution in [1.82, 2.24) is 5.32 Å². The topological polar surface area (TPSA) is 38.3 Å². The first-order valence-electron chi connectivity index (χ1n) is 7.25. The second-order valence-electron chi connectivity index (χ2n) is 5.45. The summed E-state index contributed by atoms with van der Waals surface area (Å²) in [4.78, 5) is 12.5. The number of benzene rings is 2. The number of rotatable bonds is 2. The van der Waals surface area contributed by atoms with Gasteiger partial charge in [0.2, 0.25) is 0 Å². The van der Waals surface area contributed by atoms with Gasteiger partial charge in [0.05, 0.1) is 12.6 Å². The summed E-state index contributed by atoms with van der Waals surface area (Å²) in [6.45, 7) is 4.65. The molecule has 0 radical (unpaired) electrons. The Kier molecular flexibility index (Phi) is 3.65. The van der Waals surface area contributed by atoms with E-state index in [1.807, 2.05) is 56.3 Å². The van der Waals surface area contributed by atoms with E-state index in [1.165, 1.54) is 0 Å². The molecule has 0 bridgehead atoms. The van der Waals surface area contributed by atoms with Gasteiger partial charge in [-0.3, -0.25) is 4.79 Å². The number of carbonyl (C=O) groups excluding carboxylic acids is 1. The van der Waals surface area contributed by atoms with Crippen LogP contribution in [0.5, 0.6) is 5.75 Å². The maximum atomic E-state index is 12.5. The number of aryl methyl sites for hydroxylation is 1. The maximum Gasteiger partial charge on any atom is 0.252 e. The third-order valence-corrected chi connectivity index (χ3v) is 4.11. The molecule has 108 valence electrons. The molecule has 0 saturated heterocycles. The predicted molar refractivity (Wildman–Crippen MR) is 82.7 cm³/mol. The van der Waals surface area contributed by atoms with Gasteiger partial charge >= 0.3 is 0 Å². The quantitative estimate of drug-likeness (QED) is 0.914. The first-order valence-corrected chi connectivity index (χ1v) is 7.25. The predicted octanol–water partition coefficient (Wildman–Crippen LogP) is 3.56. The van der Waals surface area contributed by atoms with Crippen LogP contribution in [0.25, 0.3) is 0 Å². The van der Waals surface area contributed by atoms with E-state index < -0.39 is 0 Å². The molecule has 1 N–H and O–H groups in total. The highest BCUT2D eigenvalue weighted by molar-refractivity contribution is 5.96. The zero-order valence-corrected chi connectivity index (χ0v) is 12.3.